The molecule has 2 atom stereocenters. The Kier molecular flexibility index (Phi) is 3.11. The van der Waals surface area contributed by atoms with Crippen LogP contribution in [-0.4, -0.2) is 51.4 Å². The number of anilines is 1. The number of hydrogen-bond donors (Lipinski definition) is 1. The van der Waals surface area contributed by atoms with Gasteiger partial charge in [0, 0.05) is 31.2 Å². The van der Waals surface area contributed by atoms with Crippen LogP contribution in [0.5, 0.6) is 0 Å². The van der Waals surface area contributed by atoms with E-state index in [1.165, 1.54) is 38.6 Å². The molecule has 1 aromatic rings. The van der Waals surface area contributed by atoms with Gasteiger partial charge in [0.1, 0.15) is 0 Å². The number of hydrogen-bond acceptors (Lipinski definition) is 4. The van der Waals surface area contributed by atoms with Crippen molar-refractivity contribution in [1.82, 2.24) is 19.7 Å². The molecule has 1 saturated carbocycles. The average molecular weight is 293 g/mol. The van der Waals surface area contributed by atoms with Gasteiger partial charge in [-0.15, -0.1) is 5.10 Å². The van der Waals surface area contributed by atoms with Crippen LogP contribution in [0.1, 0.15) is 45.1 Å². The predicted molar refractivity (Wildman–Crippen MR) is 81.7 cm³/mol. The molecule has 1 N–H and O–H groups in total. The third-order valence-corrected chi connectivity index (χ3v) is 5.33. The minimum atomic E-state index is 0.520. The van der Waals surface area contributed by atoms with Crippen LogP contribution in [0, 0.1) is 4.77 Å². The maximum atomic E-state index is 5.42. The summed E-state index contributed by atoms with van der Waals surface area (Å²) in [5.41, 5.74) is 0. The summed E-state index contributed by atoms with van der Waals surface area (Å²) >= 11 is 5.42. The molecule has 2 saturated heterocycles. The summed E-state index contributed by atoms with van der Waals surface area (Å²) in [6, 6.07) is 1.82. The molecule has 3 fully saturated rings. The molecule has 6 heteroatoms. The normalized spacial score (nSPS) is 31.4. The molecule has 20 heavy (non-hydrogen) atoms. The molecule has 0 aromatic carbocycles. The largest absolute Gasteiger partial charge is 0.335 e. The van der Waals surface area contributed by atoms with Crippen molar-refractivity contribution in [3.63, 3.8) is 0 Å². The number of nitrogens with zero attached hydrogens (tertiary/aromatic N) is 4. The number of piperazine rings is 1. The SMILES string of the molecule is CC1CN2CCCCC2CN1c1n[nH]c(=S)n1C1CC1. The molecule has 2 aliphatic heterocycles. The summed E-state index contributed by atoms with van der Waals surface area (Å²) in [6.07, 6.45) is 6.57. The quantitative estimate of drug-likeness (QED) is 0.850. The molecule has 3 aliphatic rings. The Balaban J connectivity index is 1.63. The molecule has 0 spiro atoms. The maximum Gasteiger partial charge on any atom is 0.226 e. The summed E-state index contributed by atoms with van der Waals surface area (Å²) in [7, 11) is 0. The highest BCUT2D eigenvalue weighted by Crippen LogP contribution is 2.39. The van der Waals surface area contributed by atoms with E-state index < -0.39 is 0 Å². The number of H-pyrrole nitrogens is 1. The first kappa shape index (κ1) is 12.8. The van der Waals surface area contributed by atoms with Crippen molar-refractivity contribution in [2.75, 3.05) is 24.5 Å². The van der Waals surface area contributed by atoms with Gasteiger partial charge in [-0.2, -0.15) is 0 Å². The number of aromatic nitrogens is 3. The minimum absolute atomic E-state index is 0.520. The highest BCUT2D eigenvalue weighted by molar-refractivity contribution is 7.71. The first-order valence-electron chi connectivity index (χ1n) is 7.91. The molecule has 0 amide bonds. The van der Waals surface area contributed by atoms with Crippen molar-refractivity contribution in [3.05, 3.63) is 4.77 Å². The number of piperidine rings is 1. The lowest BCUT2D eigenvalue weighted by Crippen LogP contribution is -2.59. The highest BCUT2D eigenvalue weighted by atomic mass is 32.1. The summed E-state index contributed by atoms with van der Waals surface area (Å²) in [6.45, 7) is 5.86. The third-order valence-electron chi connectivity index (χ3n) is 5.04. The Bertz CT molecular complexity index is 546. The summed E-state index contributed by atoms with van der Waals surface area (Å²) in [5.74, 6) is 1.08. The zero-order valence-corrected chi connectivity index (χ0v) is 12.9. The molecule has 1 aromatic heterocycles. The van der Waals surface area contributed by atoms with Crippen LogP contribution < -0.4 is 4.90 Å². The Morgan fingerprint density at radius 1 is 1.15 bits per heavy atom. The van der Waals surface area contributed by atoms with Gasteiger partial charge in [0.15, 0.2) is 4.77 Å². The smallest absolute Gasteiger partial charge is 0.226 e. The van der Waals surface area contributed by atoms with Crippen LogP contribution in [0.25, 0.3) is 0 Å². The monoisotopic (exact) mass is 293 g/mol. The van der Waals surface area contributed by atoms with Gasteiger partial charge in [-0.05, 0) is 51.4 Å². The lowest BCUT2D eigenvalue weighted by molar-refractivity contribution is 0.114. The first-order chi connectivity index (χ1) is 9.74. The average Bonchev–Trinajstić information content (AvgIpc) is 3.21. The van der Waals surface area contributed by atoms with Crippen molar-refractivity contribution in [3.8, 4) is 0 Å². The fourth-order valence-corrected chi connectivity index (χ4v) is 4.07. The highest BCUT2D eigenvalue weighted by Gasteiger charge is 2.37. The van der Waals surface area contributed by atoms with Crippen LogP contribution in [0.15, 0.2) is 0 Å². The van der Waals surface area contributed by atoms with Crippen LogP contribution in [0.2, 0.25) is 0 Å². The van der Waals surface area contributed by atoms with Gasteiger partial charge in [-0.1, -0.05) is 6.42 Å². The van der Waals surface area contributed by atoms with Gasteiger partial charge in [0.05, 0.1) is 0 Å². The lowest BCUT2D eigenvalue weighted by Gasteiger charge is -2.47. The fraction of sp³-hybridized carbons (Fsp3) is 0.857. The van der Waals surface area contributed by atoms with Crippen molar-refractivity contribution in [1.29, 1.82) is 0 Å². The first-order valence-corrected chi connectivity index (χ1v) is 8.32. The van der Waals surface area contributed by atoms with Crippen LogP contribution in [-0.2, 0) is 0 Å². The molecule has 1 aliphatic carbocycles. The van der Waals surface area contributed by atoms with Crippen LogP contribution in [0.4, 0.5) is 5.95 Å². The maximum absolute atomic E-state index is 5.42. The van der Waals surface area contributed by atoms with E-state index >= 15 is 0 Å². The van der Waals surface area contributed by atoms with E-state index in [4.69, 9.17) is 12.2 Å². The van der Waals surface area contributed by atoms with Gasteiger partial charge >= 0.3 is 0 Å². The Morgan fingerprint density at radius 2 is 2.00 bits per heavy atom. The van der Waals surface area contributed by atoms with Crippen molar-refractivity contribution < 1.29 is 0 Å². The van der Waals surface area contributed by atoms with E-state index in [0.717, 1.165) is 23.8 Å². The summed E-state index contributed by atoms with van der Waals surface area (Å²) in [4.78, 5) is 5.16. The van der Waals surface area contributed by atoms with Gasteiger partial charge in [-0.25, -0.2) is 5.10 Å². The Morgan fingerprint density at radius 3 is 2.80 bits per heavy atom. The zero-order valence-electron chi connectivity index (χ0n) is 12.1. The molecule has 3 heterocycles. The van der Waals surface area contributed by atoms with Crippen molar-refractivity contribution in [2.45, 2.75) is 57.2 Å². The predicted octanol–water partition coefficient (Wildman–Crippen LogP) is 2.34. The number of fused-ring (bicyclic) bond motifs is 1. The Hall–Kier alpha value is -0.880. The zero-order chi connectivity index (χ0) is 13.7. The van der Waals surface area contributed by atoms with E-state index in [2.05, 4.69) is 31.5 Å². The minimum Gasteiger partial charge on any atom is -0.335 e. The number of rotatable bonds is 2. The lowest BCUT2D eigenvalue weighted by atomic mass is 9.97. The summed E-state index contributed by atoms with van der Waals surface area (Å²) in [5, 5.41) is 7.55. The van der Waals surface area contributed by atoms with Crippen LogP contribution in [0.3, 0.4) is 0 Å². The van der Waals surface area contributed by atoms with Gasteiger partial charge in [-0.3, -0.25) is 9.47 Å². The number of aromatic amines is 1. The van der Waals surface area contributed by atoms with E-state index in [1.54, 1.807) is 0 Å². The van der Waals surface area contributed by atoms with E-state index in [9.17, 15) is 0 Å². The second kappa shape index (κ2) is 4.84. The molecule has 0 radical (unpaired) electrons. The molecular formula is C14H23N5S. The molecule has 2 unspecified atom stereocenters. The van der Waals surface area contributed by atoms with Gasteiger partial charge < -0.3 is 4.90 Å². The topological polar surface area (TPSA) is 40.1 Å². The second-order valence-corrected chi connectivity index (χ2v) is 6.96. The fourth-order valence-electron chi connectivity index (χ4n) is 3.79. The van der Waals surface area contributed by atoms with E-state index in [1.807, 2.05) is 0 Å². The molecular weight excluding hydrogens is 270 g/mol. The van der Waals surface area contributed by atoms with E-state index in [-0.39, 0.29) is 0 Å². The van der Waals surface area contributed by atoms with Crippen molar-refractivity contribution >= 4 is 18.2 Å². The molecule has 0 bridgehead atoms. The van der Waals surface area contributed by atoms with Crippen molar-refractivity contribution in [2.24, 2.45) is 0 Å². The molecule has 110 valence electrons. The Labute approximate surface area is 124 Å². The molecule has 4 rings (SSSR count). The third kappa shape index (κ3) is 2.09. The summed E-state index contributed by atoms with van der Waals surface area (Å²) < 4.78 is 3.05. The van der Waals surface area contributed by atoms with Gasteiger partial charge in [0.2, 0.25) is 5.95 Å². The second-order valence-electron chi connectivity index (χ2n) is 6.58. The molecule has 5 nitrogen and oxygen atoms in total. The standard InChI is InChI=1S/C14H23N5S/c1-10-8-17-7-3-2-4-12(17)9-18(10)13-15-16-14(20)19(13)11-5-6-11/h10-12H,2-9H2,1H3,(H,16,20). The van der Waals surface area contributed by atoms with Gasteiger partial charge in [0.25, 0.3) is 0 Å². The van der Waals surface area contributed by atoms with E-state index in [0.29, 0.717) is 18.1 Å². The van der Waals surface area contributed by atoms with Crippen LogP contribution >= 0.6 is 12.2 Å². The number of nitrogens with one attached hydrogen (secondary N) is 1.